The van der Waals surface area contributed by atoms with Gasteiger partial charge in [0.25, 0.3) is 7.48 Å². The van der Waals surface area contributed by atoms with Crippen LogP contribution in [0.3, 0.4) is 0 Å². The molecule has 0 rings (SSSR count). The van der Waals surface area contributed by atoms with Gasteiger partial charge in [-0.25, -0.2) is 0 Å². The maximum absolute atomic E-state index is 9.44. The van der Waals surface area contributed by atoms with Crippen molar-refractivity contribution in [2.24, 2.45) is 0 Å². The Kier molecular flexibility index (Phi) is 4.46. The van der Waals surface area contributed by atoms with E-state index in [0.717, 1.165) is 6.29 Å². The van der Waals surface area contributed by atoms with Crippen LogP contribution >= 0.6 is 0 Å². The fraction of sp³-hybridized carbons (Fsp3) is 0.667. The van der Waals surface area contributed by atoms with Crippen molar-refractivity contribution in [1.29, 1.82) is 0 Å². The van der Waals surface area contributed by atoms with Crippen LogP contribution in [0.4, 0.5) is 0 Å². The van der Waals surface area contributed by atoms with E-state index in [4.69, 9.17) is 0 Å². The Hall–Kier alpha value is -0.305. The topological polar surface area (TPSA) is 26.3 Å². The van der Waals surface area contributed by atoms with Crippen LogP contribution in [0.1, 0.15) is 0 Å². The highest BCUT2D eigenvalue weighted by atomic mass is 16.4. The molecule has 0 aromatic rings. The first kappa shape index (κ1) is 5.69. The fourth-order valence-corrected chi connectivity index (χ4v) is 0.166. The second-order valence-corrected chi connectivity index (χ2v) is 0.826. The van der Waals surface area contributed by atoms with Crippen LogP contribution in [-0.2, 0) is 9.45 Å². The minimum atomic E-state index is 0.233. The monoisotopic (exact) mass is 86.1 g/mol. The molecule has 0 heterocycles. The molecule has 0 aliphatic rings. The molecule has 0 spiro atoms. The Balaban J connectivity index is 2.49. The number of hydrogen-bond donors (Lipinski definition) is 0. The molecule has 0 aromatic heterocycles. The molecule has 0 aliphatic heterocycles. The fourth-order valence-electron chi connectivity index (χ4n) is 0.166. The van der Waals surface area contributed by atoms with Gasteiger partial charge in [-0.05, 0) is 0 Å². The molecular weight excluding hydrogens is 78.8 g/mol. The van der Waals surface area contributed by atoms with Crippen LogP contribution in [0.5, 0.6) is 0 Å². The summed E-state index contributed by atoms with van der Waals surface area (Å²) in [6.45, 7) is 2.08. The Bertz CT molecular complexity index is 37.8. The van der Waals surface area contributed by atoms with Crippen LogP contribution in [0, 0.1) is 0 Å². The van der Waals surface area contributed by atoms with Gasteiger partial charge in [0.2, 0.25) is 0 Å². The molecule has 6 heavy (non-hydrogen) atoms. The standard InChI is InChI=1S/C3H7BO2/c1-4-6-3-2-5/h2,4H,3H2,1H3. The molecule has 0 bridgehead atoms. The van der Waals surface area contributed by atoms with E-state index in [2.05, 4.69) is 4.65 Å². The van der Waals surface area contributed by atoms with Gasteiger partial charge in [-0.1, -0.05) is 6.82 Å². The van der Waals surface area contributed by atoms with Gasteiger partial charge in [-0.2, -0.15) is 0 Å². The largest absolute Gasteiger partial charge is 0.433 e. The third-order valence-corrected chi connectivity index (χ3v) is 0.390. The van der Waals surface area contributed by atoms with Crippen molar-refractivity contribution in [2.75, 3.05) is 6.61 Å². The number of aldehydes is 1. The minimum absolute atomic E-state index is 0.233. The Labute approximate surface area is 37.8 Å². The van der Waals surface area contributed by atoms with E-state index in [1.807, 2.05) is 6.82 Å². The van der Waals surface area contributed by atoms with E-state index < -0.39 is 0 Å². The molecule has 0 radical (unpaired) electrons. The Morgan fingerprint density at radius 3 is 2.83 bits per heavy atom. The normalized spacial score (nSPS) is 7.50. The summed E-state index contributed by atoms with van der Waals surface area (Å²) in [5.41, 5.74) is 0. The van der Waals surface area contributed by atoms with Crippen molar-refractivity contribution in [3.05, 3.63) is 0 Å². The summed E-state index contributed by atoms with van der Waals surface area (Å²) in [7, 11) is 0.624. The zero-order valence-corrected chi connectivity index (χ0v) is 3.81. The van der Waals surface area contributed by atoms with E-state index in [1.54, 1.807) is 0 Å². The lowest BCUT2D eigenvalue weighted by Gasteiger charge is -1.84. The van der Waals surface area contributed by atoms with Gasteiger partial charge in [0.1, 0.15) is 6.29 Å². The second kappa shape index (κ2) is 4.69. The average molecular weight is 85.9 g/mol. The first-order valence-electron chi connectivity index (χ1n) is 1.93. The highest BCUT2D eigenvalue weighted by molar-refractivity contribution is 6.25. The van der Waals surface area contributed by atoms with Gasteiger partial charge >= 0.3 is 0 Å². The molecule has 0 N–H and O–H groups in total. The quantitative estimate of drug-likeness (QED) is 0.265. The number of hydrogen-bond acceptors (Lipinski definition) is 2. The number of rotatable bonds is 3. The molecule has 0 saturated carbocycles. The van der Waals surface area contributed by atoms with Gasteiger partial charge < -0.3 is 9.45 Å². The maximum Gasteiger partial charge on any atom is 0.272 e. The van der Waals surface area contributed by atoms with E-state index in [0.29, 0.717) is 7.48 Å². The van der Waals surface area contributed by atoms with Crippen LogP contribution in [0.15, 0.2) is 0 Å². The Morgan fingerprint density at radius 2 is 2.67 bits per heavy atom. The summed E-state index contributed by atoms with van der Waals surface area (Å²) in [5, 5.41) is 0. The van der Waals surface area contributed by atoms with E-state index >= 15 is 0 Å². The lowest BCUT2D eigenvalue weighted by Crippen LogP contribution is -1.95. The summed E-state index contributed by atoms with van der Waals surface area (Å²) in [6.07, 6.45) is 0.740. The van der Waals surface area contributed by atoms with E-state index in [1.165, 1.54) is 0 Å². The SMILES string of the molecule is CBOCC=O. The summed E-state index contributed by atoms with van der Waals surface area (Å²) in [6, 6.07) is 0. The Morgan fingerprint density at radius 1 is 2.00 bits per heavy atom. The number of carbonyl (C=O) groups is 1. The third-order valence-electron chi connectivity index (χ3n) is 0.390. The molecule has 34 valence electrons. The van der Waals surface area contributed by atoms with Gasteiger partial charge in [0.15, 0.2) is 0 Å². The average Bonchev–Trinajstić information content (AvgIpc) is 1.61. The van der Waals surface area contributed by atoms with Gasteiger partial charge in [0, 0.05) is 0 Å². The van der Waals surface area contributed by atoms with Crippen molar-refractivity contribution < 1.29 is 9.45 Å². The first-order chi connectivity index (χ1) is 2.91. The minimum Gasteiger partial charge on any atom is -0.433 e. The summed E-state index contributed by atoms with van der Waals surface area (Å²) >= 11 is 0. The van der Waals surface area contributed by atoms with Crippen LogP contribution in [0.25, 0.3) is 0 Å². The molecule has 0 aromatic carbocycles. The highest BCUT2D eigenvalue weighted by Gasteiger charge is 1.75. The molecule has 0 aliphatic carbocycles. The van der Waals surface area contributed by atoms with Gasteiger partial charge in [-0.15, -0.1) is 0 Å². The van der Waals surface area contributed by atoms with Crippen molar-refractivity contribution in [3.8, 4) is 0 Å². The second-order valence-electron chi connectivity index (χ2n) is 0.826. The van der Waals surface area contributed by atoms with E-state index in [9.17, 15) is 4.79 Å². The van der Waals surface area contributed by atoms with Crippen LogP contribution < -0.4 is 0 Å². The number of carbonyl (C=O) groups excluding carboxylic acids is 1. The molecule has 0 amide bonds. The first-order valence-corrected chi connectivity index (χ1v) is 1.93. The van der Waals surface area contributed by atoms with E-state index in [-0.39, 0.29) is 6.61 Å². The van der Waals surface area contributed by atoms with Crippen molar-refractivity contribution >= 4 is 13.8 Å². The zero-order chi connectivity index (χ0) is 4.83. The maximum atomic E-state index is 9.44. The van der Waals surface area contributed by atoms with Crippen molar-refractivity contribution in [2.45, 2.75) is 6.82 Å². The molecule has 2 nitrogen and oxygen atoms in total. The lowest BCUT2D eigenvalue weighted by molar-refractivity contribution is -0.109. The molecule has 0 fully saturated rings. The van der Waals surface area contributed by atoms with Crippen LogP contribution in [0.2, 0.25) is 6.82 Å². The van der Waals surface area contributed by atoms with Crippen molar-refractivity contribution in [1.82, 2.24) is 0 Å². The zero-order valence-electron chi connectivity index (χ0n) is 3.81. The predicted molar refractivity (Wildman–Crippen MR) is 25.0 cm³/mol. The third kappa shape index (κ3) is 3.69. The lowest BCUT2D eigenvalue weighted by atomic mass is 10.1. The van der Waals surface area contributed by atoms with Gasteiger partial charge in [-0.3, -0.25) is 0 Å². The summed E-state index contributed by atoms with van der Waals surface area (Å²) in [4.78, 5) is 9.44. The molecular formula is C3H7BO2. The summed E-state index contributed by atoms with van der Waals surface area (Å²) in [5.74, 6) is 0. The summed E-state index contributed by atoms with van der Waals surface area (Å²) < 4.78 is 4.61. The predicted octanol–water partition coefficient (Wildman–Crippen LogP) is -0.399. The molecule has 3 heteroatoms. The molecule has 0 saturated heterocycles. The molecule has 0 atom stereocenters. The van der Waals surface area contributed by atoms with Gasteiger partial charge in [0.05, 0.1) is 6.61 Å². The smallest absolute Gasteiger partial charge is 0.272 e. The van der Waals surface area contributed by atoms with Crippen LogP contribution in [-0.4, -0.2) is 20.4 Å². The molecule has 0 unspecified atom stereocenters. The van der Waals surface area contributed by atoms with Crippen molar-refractivity contribution in [3.63, 3.8) is 0 Å². The highest BCUT2D eigenvalue weighted by Crippen LogP contribution is 1.59.